The second kappa shape index (κ2) is 8.87. The average Bonchev–Trinajstić information content (AvgIpc) is 3.41. The smallest absolute Gasteiger partial charge is 0.264 e. The Labute approximate surface area is 200 Å². The predicted octanol–water partition coefficient (Wildman–Crippen LogP) is 4.40. The number of hydrogen-bond acceptors (Lipinski definition) is 6. The minimum absolute atomic E-state index is 0.102. The van der Waals surface area contributed by atoms with Crippen molar-refractivity contribution in [1.29, 1.82) is 0 Å². The van der Waals surface area contributed by atoms with Gasteiger partial charge in [0.2, 0.25) is 0 Å². The minimum Gasteiger partial charge on any atom is -0.497 e. The van der Waals surface area contributed by atoms with Gasteiger partial charge in [0.05, 0.1) is 37.8 Å². The molecule has 1 N–H and O–H groups in total. The molecule has 8 heteroatoms. The quantitative estimate of drug-likeness (QED) is 0.462. The van der Waals surface area contributed by atoms with E-state index in [2.05, 4.69) is 4.98 Å². The van der Waals surface area contributed by atoms with Crippen LogP contribution in [-0.2, 0) is 6.42 Å². The van der Waals surface area contributed by atoms with Crippen LogP contribution in [0.2, 0.25) is 0 Å². The number of hydrogen-bond donors (Lipinski definition) is 1. The van der Waals surface area contributed by atoms with Gasteiger partial charge in [0.15, 0.2) is 11.5 Å². The summed E-state index contributed by atoms with van der Waals surface area (Å²) in [5.41, 5.74) is 2.79. The van der Waals surface area contributed by atoms with Crippen LogP contribution < -0.4 is 19.8 Å². The number of nitrogens with zero attached hydrogens (tertiary/aromatic N) is 1. The Morgan fingerprint density at radius 2 is 1.79 bits per heavy atom. The second-order valence-corrected chi connectivity index (χ2v) is 8.99. The number of aromatic nitrogens is 1. The minimum atomic E-state index is -0.576. The van der Waals surface area contributed by atoms with Crippen LogP contribution in [0, 0.1) is 0 Å². The van der Waals surface area contributed by atoms with E-state index in [4.69, 9.17) is 14.2 Å². The van der Waals surface area contributed by atoms with Crippen molar-refractivity contribution in [3.63, 3.8) is 0 Å². The number of methoxy groups -OCH3 is 3. The van der Waals surface area contributed by atoms with Crippen molar-refractivity contribution in [2.24, 2.45) is 0 Å². The maximum atomic E-state index is 13.5. The molecule has 5 rings (SSSR count). The molecule has 0 spiro atoms. The third-order valence-electron chi connectivity index (χ3n) is 6.24. The first-order valence-corrected chi connectivity index (χ1v) is 11.7. The molecule has 34 heavy (non-hydrogen) atoms. The van der Waals surface area contributed by atoms with Gasteiger partial charge in [-0.15, -0.1) is 11.3 Å². The molecule has 3 heterocycles. The molecule has 1 atom stereocenters. The van der Waals surface area contributed by atoms with E-state index in [0.29, 0.717) is 46.2 Å². The lowest BCUT2D eigenvalue weighted by atomic mass is 9.87. The Hall–Kier alpha value is -3.78. The van der Waals surface area contributed by atoms with E-state index in [1.807, 2.05) is 47.8 Å². The molecule has 4 aromatic rings. The fraction of sp³-hybridized carbons (Fsp3) is 0.231. The molecule has 1 unspecified atom stereocenters. The Bertz CT molecular complexity index is 1430. The summed E-state index contributed by atoms with van der Waals surface area (Å²) in [4.78, 5) is 32.3. The maximum absolute atomic E-state index is 13.5. The normalized spacial score (nSPS) is 15.1. The monoisotopic (exact) mass is 476 g/mol. The van der Waals surface area contributed by atoms with Gasteiger partial charge in [-0.3, -0.25) is 9.59 Å². The molecule has 1 amide bonds. The van der Waals surface area contributed by atoms with Gasteiger partial charge in [-0.2, -0.15) is 0 Å². The highest BCUT2D eigenvalue weighted by Gasteiger charge is 2.35. The van der Waals surface area contributed by atoms with Crippen molar-refractivity contribution < 1.29 is 19.0 Å². The summed E-state index contributed by atoms with van der Waals surface area (Å²) in [6.45, 7) is 0.476. The van der Waals surface area contributed by atoms with Gasteiger partial charge in [0, 0.05) is 18.2 Å². The van der Waals surface area contributed by atoms with Gasteiger partial charge < -0.3 is 24.1 Å². The van der Waals surface area contributed by atoms with E-state index in [1.165, 1.54) is 11.3 Å². The SMILES string of the molecule is COc1ccc2cc(C3c4cc(OC)c(OC)cc4CCN3C(=O)c3cccs3)c(=O)[nH]c2c1. The predicted molar refractivity (Wildman–Crippen MR) is 132 cm³/mol. The van der Waals surface area contributed by atoms with E-state index in [-0.39, 0.29) is 11.5 Å². The number of nitrogens with one attached hydrogen (secondary N) is 1. The van der Waals surface area contributed by atoms with Crippen LogP contribution in [0.5, 0.6) is 17.2 Å². The fourth-order valence-electron chi connectivity index (χ4n) is 4.57. The van der Waals surface area contributed by atoms with Gasteiger partial charge >= 0.3 is 0 Å². The van der Waals surface area contributed by atoms with Crippen molar-refractivity contribution in [2.45, 2.75) is 12.5 Å². The molecular formula is C26H24N2O5S. The molecule has 1 aliphatic rings. The summed E-state index contributed by atoms with van der Waals surface area (Å²) < 4.78 is 16.3. The van der Waals surface area contributed by atoms with Crippen molar-refractivity contribution in [3.8, 4) is 17.2 Å². The summed E-state index contributed by atoms with van der Waals surface area (Å²) in [6, 6.07) is 14.3. The molecule has 0 fully saturated rings. The molecule has 0 saturated carbocycles. The van der Waals surface area contributed by atoms with E-state index < -0.39 is 6.04 Å². The molecule has 7 nitrogen and oxygen atoms in total. The molecule has 2 aromatic carbocycles. The van der Waals surface area contributed by atoms with Crippen LogP contribution in [0.1, 0.15) is 32.4 Å². The zero-order valence-corrected chi connectivity index (χ0v) is 19.9. The topological polar surface area (TPSA) is 80.9 Å². The van der Waals surface area contributed by atoms with Crippen LogP contribution in [-0.4, -0.2) is 43.7 Å². The van der Waals surface area contributed by atoms with Crippen molar-refractivity contribution in [1.82, 2.24) is 9.88 Å². The highest BCUT2D eigenvalue weighted by molar-refractivity contribution is 7.12. The molecule has 174 valence electrons. The van der Waals surface area contributed by atoms with Gasteiger partial charge in [0.1, 0.15) is 5.75 Å². The summed E-state index contributed by atoms with van der Waals surface area (Å²) in [7, 11) is 4.76. The number of pyridine rings is 1. The largest absolute Gasteiger partial charge is 0.497 e. The van der Waals surface area contributed by atoms with E-state index in [9.17, 15) is 9.59 Å². The lowest BCUT2D eigenvalue weighted by Gasteiger charge is -2.37. The number of H-pyrrole nitrogens is 1. The zero-order chi connectivity index (χ0) is 23.8. The van der Waals surface area contributed by atoms with E-state index in [1.54, 1.807) is 32.3 Å². The second-order valence-electron chi connectivity index (χ2n) is 8.04. The lowest BCUT2D eigenvalue weighted by Crippen LogP contribution is -2.42. The first-order valence-electron chi connectivity index (χ1n) is 10.8. The fourth-order valence-corrected chi connectivity index (χ4v) is 5.25. The third kappa shape index (κ3) is 3.70. The van der Waals surface area contributed by atoms with Gasteiger partial charge in [-0.1, -0.05) is 6.07 Å². The Morgan fingerprint density at radius 3 is 2.50 bits per heavy atom. The first kappa shape index (κ1) is 22.0. The number of carbonyl (C=O) groups is 1. The number of rotatable bonds is 5. The number of ether oxygens (including phenoxy) is 3. The number of amides is 1. The summed E-state index contributed by atoms with van der Waals surface area (Å²) in [5, 5.41) is 2.73. The Kier molecular flexibility index (Phi) is 5.75. The highest BCUT2D eigenvalue weighted by Crippen LogP contribution is 2.41. The van der Waals surface area contributed by atoms with Gasteiger partial charge in [0.25, 0.3) is 11.5 Å². The van der Waals surface area contributed by atoms with Crippen LogP contribution >= 0.6 is 11.3 Å². The molecular weight excluding hydrogens is 452 g/mol. The number of benzene rings is 2. The number of carbonyl (C=O) groups excluding carboxylic acids is 1. The number of thiophene rings is 1. The van der Waals surface area contributed by atoms with Gasteiger partial charge in [-0.25, -0.2) is 0 Å². The van der Waals surface area contributed by atoms with Gasteiger partial charge in [-0.05, 0) is 64.7 Å². The number of fused-ring (bicyclic) bond motifs is 2. The van der Waals surface area contributed by atoms with Crippen LogP contribution in [0.15, 0.2) is 58.7 Å². The van der Waals surface area contributed by atoms with Crippen LogP contribution in [0.3, 0.4) is 0 Å². The van der Waals surface area contributed by atoms with E-state index >= 15 is 0 Å². The Morgan fingerprint density at radius 1 is 1.00 bits per heavy atom. The standard InChI is InChI=1S/C26H24N2O5S/c1-31-17-7-6-16-11-19(25(29)27-20(16)13-17)24-18-14-22(33-3)21(32-2)12-15(18)8-9-28(24)26(30)23-5-4-10-34-23/h4-7,10-14,24H,8-9H2,1-3H3,(H,27,29). The van der Waals surface area contributed by atoms with Crippen LogP contribution in [0.4, 0.5) is 0 Å². The highest BCUT2D eigenvalue weighted by atomic mass is 32.1. The zero-order valence-electron chi connectivity index (χ0n) is 19.1. The third-order valence-corrected chi connectivity index (χ3v) is 7.10. The summed E-state index contributed by atoms with van der Waals surface area (Å²) >= 11 is 1.39. The first-order chi connectivity index (χ1) is 16.5. The molecule has 2 aromatic heterocycles. The molecule has 0 aliphatic carbocycles. The molecule has 0 saturated heterocycles. The summed E-state index contributed by atoms with van der Waals surface area (Å²) in [5.74, 6) is 1.73. The van der Waals surface area contributed by atoms with Crippen molar-refractivity contribution >= 4 is 28.1 Å². The van der Waals surface area contributed by atoms with Crippen molar-refractivity contribution in [2.75, 3.05) is 27.9 Å². The average molecular weight is 477 g/mol. The number of aromatic amines is 1. The molecule has 0 radical (unpaired) electrons. The van der Waals surface area contributed by atoms with E-state index in [0.717, 1.165) is 16.5 Å². The Balaban J connectivity index is 1.72. The van der Waals surface area contributed by atoms with Crippen molar-refractivity contribution in [3.05, 3.63) is 85.8 Å². The molecule has 1 aliphatic heterocycles. The molecule has 0 bridgehead atoms. The lowest BCUT2D eigenvalue weighted by molar-refractivity contribution is 0.0698. The maximum Gasteiger partial charge on any atom is 0.264 e. The summed E-state index contributed by atoms with van der Waals surface area (Å²) in [6.07, 6.45) is 0.645. The van der Waals surface area contributed by atoms with Crippen LogP contribution in [0.25, 0.3) is 10.9 Å².